The quantitative estimate of drug-likeness (QED) is 0.225. The largest absolute Gasteiger partial charge is 0.383 e. The Morgan fingerprint density at radius 2 is 1.79 bits per heavy atom. The van der Waals surface area contributed by atoms with E-state index in [9.17, 15) is 9.59 Å². The Hall–Kier alpha value is -1.14. The highest BCUT2D eigenvalue weighted by atomic mass is 127. The van der Waals surface area contributed by atoms with E-state index < -0.39 is 0 Å². The van der Waals surface area contributed by atoms with Gasteiger partial charge in [-0.15, -0.1) is 24.0 Å². The van der Waals surface area contributed by atoms with E-state index in [1.807, 2.05) is 11.9 Å². The van der Waals surface area contributed by atoms with Gasteiger partial charge in [-0.25, -0.2) is 4.99 Å². The minimum atomic E-state index is -0.0425. The maximum atomic E-state index is 12.7. The normalized spacial score (nSPS) is 20.7. The average Bonchev–Trinajstić information content (AvgIpc) is 3.09. The molecule has 2 rings (SSSR count). The lowest BCUT2D eigenvalue weighted by atomic mass is 10.2. The molecule has 2 aliphatic rings. The van der Waals surface area contributed by atoms with Crippen molar-refractivity contribution in [1.29, 1.82) is 0 Å². The lowest BCUT2D eigenvalue weighted by Gasteiger charge is -2.38. The van der Waals surface area contributed by atoms with Crippen molar-refractivity contribution >= 4 is 41.8 Å². The first-order valence-corrected chi connectivity index (χ1v) is 9.65. The van der Waals surface area contributed by atoms with Crippen LogP contribution in [0.1, 0.15) is 12.8 Å². The second-order valence-corrected chi connectivity index (χ2v) is 7.30. The first-order chi connectivity index (χ1) is 12.9. The molecular formula is C18H35IN6O3. The smallest absolute Gasteiger partial charge is 0.243 e. The fourth-order valence-electron chi connectivity index (χ4n) is 3.39. The minimum absolute atomic E-state index is 0. The summed E-state index contributed by atoms with van der Waals surface area (Å²) in [6.07, 6.45) is 2.04. The van der Waals surface area contributed by atoms with E-state index in [2.05, 4.69) is 20.1 Å². The molecule has 0 radical (unpaired) electrons. The van der Waals surface area contributed by atoms with Crippen molar-refractivity contribution < 1.29 is 14.3 Å². The number of nitrogens with one attached hydrogen (secondary N) is 1. The van der Waals surface area contributed by atoms with Crippen molar-refractivity contribution in [3.63, 3.8) is 0 Å². The first kappa shape index (κ1) is 24.9. The van der Waals surface area contributed by atoms with Gasteiger partial charge in [0.05, 0.1) is 12.6 Å². The predicted molar refractivity (Wildman–Crippen MR) is 120 cm³/mol. The topological polar surface area (TPSA) is 80.7 Å². The molecule has 0 aromatic heterocycles. The van der Waals surface area contributed by atoms with E-state index >= 15 is 0 Å². The molecule has 9 nitrogen and oxygen atoms in total. The third kappa shape index (κ3) is 7.03. The zero-order valence-corrected chi connectivity index (χ0v) is 19.8. The summed E-state index contributed by atoms with van der Waals surface area (Å²) < 4.78 is 5.09. The Kier molecular flexibility index (Phi) is 11.1. The van der Waals surface area contributed by atoms with Crippen LogP contribution < -0.4 is 5.32 Å². The molecule has 0 spiro atoms. The van der Waals surface area contributed by atoms with Gasteiger partial charge < -0.3 is 24.8 Å². The number of aliphatic imine (C=N–C) groups is 1. The first-order valence-electron chi connectivity index (χ1n) is 9.65. The van der Waals surface area contributed by atoms with Gasteiger partial charge in [0.1, 0.15) is 6.54 Å². The highest BCUT2D eigenvalue weighted by Crippen LogP contribution is 2.18. The molecule has 10 heteroatoms. The highest BCUT2D eigenvalue weighted by molar-refractivity contribution is 14.0. The van der Waals surface area contributed by atoms with Gasteiger partial charge in [-0.2, -0.15) is 0 Å². The van der Waals surface area contributed by atoms with Crippen LogP contribution in [0.15, 0.2) is 4.99 Å². The van der Waals surface area contributed by atoms with Crippen molar-refractivity contribution in [1.82, 2.24) is 24.9 Å². The SMILES string of the molecule is COCCNC(=NCC(=O)N(C)C)N1CCN(C(=O)C2CCCN2C)CC1.I. The van der Waals surface area contributed by atoms with Gasteiger partial charge in [-0.05, 0) is 26.4 Å². The molecule has 2 amide bonds. The van der Waals surface area contributed by atoms with Crippen LogP contribution in [0.2, 0.25) is 0 Å². The molecule has 1 unspecified atom stereocenters. The van der Waals surface area contributed by atoms with Crippen molar-refractivity contribution in [2.24, 2.45) is 4.99 Å². The van der Waals surface area contributed by atoms with Gasteiger partial charge in [-0.3, -0.25) is 14.5 Å². The molecule has 2 fully saturated rings. The standard InChI is InChI=1S/C18H34N6O3.HI/c1-21(2)16(25)14-20-18(19-7-13-27-4)24-11-9-23(10-12-24)17(26)15-6-5-8-22(15)3;/h15H,5-14H2,1-4H3,(H,19,20);1H. The molecule has 0 aromatic carbocycles. The van der Waals surface area contributed by atoms with E-state index in [0.717, 1.165) is 19.4 Å². The number of nitrogens with zero attached hydrogens (tertiary/aromatic N) is 5. The number of hydrogen-bond donors (Lipinski definition) is 1. The lowest BCUT2D eigenvalue weighted by Crippen LogP contribution is -2.56. The zero-order valence-electron chi connectivity index (χ0n) is 17.5. The molecule has 0 saturated carbocycles. The summed E-state index contributed by atoms with van der Waals surface area (Å²) in [7, 11) is 7.12. The predicted octanol–water partition coefficient (Wildman–Crippen LogP) is -0.477. The van der Waals surface area contributed by atoms with Crippen LogP contribution in [-0.2, 0) is 14.3 Å². The molecule has 1 N–H and O–H groups in total. The number of ether oxygens (including phenoxy) is 1. The van der Waals surface area contributed by atoms with Crippen LogP contribution in [0.4, 0.5) is 0 Å². The summed E-state index contributed by atoms with van der Waals surface area (Å²) in [5.74, 6) is 0.898. The van der Waals surface area contributed by atoms with Crippen LogP contribution in [0, 0.1) is 0 Å². The molecule has 1 atom stereocenters. The van der Waals surface area contributed by atoms with Gasteiger partial charge in [0.25, 0.3) is 0 Å². The fourth-order valence-corrected chi connectivity index (χ4v) is 3.39. The van der Waals surface area contributed by atoms with Gasteiger partial charge in [0.2, 0.25) is 11.8 Å². The number of likely N-dealkylation sites (tertiary alicyclic amines) is 1. The van der Waals surface area contributed by atoms with Gasteiger partial charge >= 0.3 is 0 Å². The van der Waals surface area contributed by atoms with E-state index in [1.54, 1.807) is 21.2 Å². The van der Waals surface area contributed by atoms with E-state index in [4.69, 9.17) is 4.74 Å². The summed E-state index contributed by atoms with van der Waals surface area (Å²) in [5, 5.41) is 3.26. The van der Waals surface area contributed by atoms with E-state index in [-0.39, 0.29) is 48.4 Å². The van der Waals surface area contributed by atoms with Crippen LogP contribution in [0.25, 0.3) is 0 Å². The third-order valence-electron chi connectivity index (χ3n) is 5.15. The fraction of sp³-hybridized carbons (Fsp3) is 0.833. The number of likely N-dealkylation sites (N-methyl/N-ethyl adjacent to an activating group) is 2. The highest BCUT2D eigenvalue weighted by Gasteiger charge is 2.33. The molecule has 0 aliphatic carbocycles. The second kappa shape index (κ2) is 12.4. The summed E-state index contributed by atoms with van der Waals surface area (Å²) in [4.78, 5) is 36.8. The monoisotopic (exact) mass is 510 g/mol. The van der Waals surface area contributed by atoms with Crippen LogP contribution in [0.5, 0.6) is 0 Å². The number of guanidine groups is 1. The summed E-state index contributed by atoms with van der Waals surface area (Å²) >= 11 is 0. The summed E-state index contributed by atoms with van der Waals surface area (Å²) in [6.45, 7) is 5.05. The molecule has 2 saturated heterocycles. The number of amides is 2. The van der Waals surface area contributed by atoms with Gasteiger partial charge in [0, 0.05) is 53.9 Å². The Bertz CT molecular complexity index is 537. The Morgan fingerprint density at radius 3 is 2.32 bits per heavy atom. The maximum absolute atomic E-state index is 12.7. The number of hydrogen-bond acceptors (Lipinski definition) is 5. The molecule has 2 heterocycles. The molecule has 2 aliphatic heterocycles. The number of halogens is 1. The van der Waals surface area contributed by atoms with Crippen LogP contribution in [0.3, 0.4) is 0 Å². The summed E-state index contributed by atoms with van der Waals surface area (Å²) in [5.41, 5.74) is 0. The molecular weight excluding hydrogens is 475 g/mol. The van der Waals surface area contributed by atoms with Crippen molar-refractivity contribution in [2.75, 3.05) is 80.7 Å². The molecule has 162 valence electrons. The lowest BCUT2D eigenvalue weighted by molar-refractivity contribution is -0.136. The maximum Gasteiger partial charge on any atom is 0.243 e. The van der Waals surface area contributed by atoms with Crippen molar-refractivity contribution in [3.8, 4) is 0 Å². The Labute approximate surface area is 185 Å². The Morgan fingerprint density at radius 1 is 1.14 bits per heavy atom. The number of rotatable bonds is 6. The minimum Gasteiger partial charge on any atom is -0.383 e. The van der Waals surface area contributed by atoms with Crippen LogP contribution in [-0.4, -0.2) is 124 Å². The molecule has 0 bridgehead atoms. The van der Waals surface area contributed by atoms with Crippen molar-refractivity contribution in [3.05, 3.63) is 0 Å². The Balaban J connectivity index is 0.00000392. The molecule has 28 heavy (non-hydrogen) atoms. The zero-order chi connectivity index (χ0) is 19.8. The summed E-state index contributed by atoms with van der Waals surface area (Å²) in [6, 6.07) is 0.0298. The number of carbonyl (C=O) groups excluding carboxylic acids is 2. The van der Waals surface area contributed by atoms with Gasteiger partial charge in [0.15, 0.2) is 5.96 Å². The number of methoxy groups -OCH3 is 1. The van der Waals surface area contributed by atoms with Gasteiger partial charge in [-0.1, -0.05) is 0 Å². The van der Waals surface area contributed by atoms with E-state index in [1.165, 1.54) is 4.90 Å². The second-order valence-electron chi connectivity index (χ2n) is 7.30. The third-order valence-corrected chi connectivity index (χ3v) is 5.15. The van der Waals surface area contributed by atoms with Crippen molar-refractivity contribution in [2.45, 2.75) is 18.9 Å². The van der Waals surface area contributed by atoms with E-state index in [0.29, 0.717) is 45.3 Å². The van der Waals surface area contributed by atoms with Crippen LogP contribution >= 0.6 is 24.0 Å². The molecule has 0 aromatic rings. The average molecular weight is 510 g/mol. The number of carbonyl (C=O) groups is 2. The number of piperazine rings is 1.